The number of halogens is 3. The highest BCUT2D eigenvalue weighted by molar-refractivity contribution is 6.35. The minimum Gasteiger partial charge on any atom is -0.0843 e. The SMILES string of the molecule is [2H]c1cc(C)c(Cl)c([2H])c1-c1c([2H])c(Cl)c([2H])c([2H])c1Cl. The molecular formula is C13H9Cl3. The van der Waals surface area contributed by atoms with Crippen molar-refractivity contribution < 1.29 is 6.85 Å². The molecule has 0 N–H and O–H groups in total. The zero-order valence-corrected chi connectivity index (χ0v) is 10.5. The third kappa shape index (κ3) is 2.35. The van der Waals surface area contributed by atoms with Gasteiger partial charge in [0, 0.05) is 20.6 Å². The molecule has 0 amide bonds. The molecule has 2 aromatic carbocycles. The van der Waals surface area contributed by atoms with E-state index < -0.39 is 0 Å². The summed E-state index contributed by atoms with van der Waals surface area (Å²) in [7, 11) is 0. The van der Waals surface area contributed by atoms with Gasteiger partial charge in [0.2, 0.25) is 0 Å². The maximum atomic E-state index is 8.06. The van der Waals surface area contributed by atoms with Gasteiger partial charge in [0.1, 0.15) is 0 Å². The second kappa shape index (κ2) is 4.67. The summed E-state index contributed by atoms with van der Waals surface area (Å²) in [6, 6.07) is 0.285. The molecule has 0 saturated carbocycles. The first kappa shape index (κ1) is 6.90. The summed E-state index contributed by atoms with van der Waals surface area (Å²) in [6.45, 7) is 1.67. The Kier molecular flexibility index (Phi) is 2.01. The average molecular weight is 277 g/mol. The van der Waals surface area contributed by atoms with Crippen molar-refractivity contribution in [2.45, 2.75) is 6.92 Å². The van der Waals surface area contributed by atoms with Gasteiger partial charge in [-0.3, -0.25) is 0 Å². The standard InChI is InChI=1S/C13H9Cl3/c1-8-2-3-9(6-13(8)16)11-7-10(14)4-5-12(11)15/h2-7H,1H3/i3D,4D,5D,6D,7D. The van der Waals surface area contributed by atoms with Crippen molar-refractivity contribution >= 4 is 34.8 Å². The topological polar surface area (TPSA) is 0 Å². The molecule has 0 atom stereocenters. The fourth-order valence-electron chi connectivity index (χ4n) is 1.16. The molecule has 0 nitrogen and oxygen atoms in total. The summed E-state index contributed by atoms with van der Waals surface area (Å²) in [6.07, 6.45) is 0. The third-order valence-electron chi connectivity index (χ3n) is 2.00. The lowest BCUT2D eigenvalue weighted by Crippen LogP contribution is -1.82. The Morgan fingerprint density at radius 1 is 1.00 bits per heavy atom. The van der Waals surface area contributed by atoms with Gasteiger partial charge >= 0.3 is 0 Å². The number of hydrogen-bond acceptors (Lipinski definition) is 0. The molecule has 0 heterocycles. The number of aryl methyl sites for hydroxylation is 1. The summed E-state index contributed by atoms with van der Waals surface area (Å²) in [5.74, 6) is 0. The van der Waals surface area contributed by atoms with E-state index in [-0.39, 0.29) is 56.4 Å². The lowest BCUT2D eigenvalue weighted by Gasteiger charge is -2.07. The Balaban J connectivity index is 2.96. The maximum absolute atomic E-state index is 8.06. The van der Waals surface area contributed by atoms with Crippen molar-refractivity contribution in [3.8, 4) is 11.1 Å². The second-order valence-corrected chi connectivity index (χ2v) is 4.30. The van der Waals surface area contributed by atoms with Crippen LogP contribution in [0.5, 0.6) is 0 Å². The van der Waals surface area contributed by atoms with Crippen LogP contribution in [0, 0.1) is 6.92 Å². The summed E-state index contributed by atoms with van der Waals surface area (Å²) >= 11 is 18.0. The van der Waals surface area contributed by atoms with Crippen LogP contribution in [0.3, 0.4) is 0 Å². The molecule has 0 aromatic heterocycles. The van der Waals surface area contributed by atoms with Crippen LogP contribution < -0.4 is 0 Å². The molecule has 2 aromatic rings. The molecular weight excluding hydrogens is 263 g/mol. The van der Waals surface area contributed by atoms with Gasteiger partial charge in [0.15, 0.2) is 0 Å². The molecule has 2 rings (SSSR count). The second-order valence-electron chi connectivity index (χ2n) is 3.16. The molecule has 0 aliphatic carbocycles. The molecule has 0 bridgehead atoms. The van der Waals surface area contributed by atoms with Crippen LogP contribution >= 0.6 is 34.8 Å². The molecule has 82 valence electrons. The van der Waals surface area contributed by atoms with Crippen LogP contribution in [0.25, 0.3) is 11.1 Å². The third-order valence-corrected chi connectivity index (χ3v) is 2.87. The first-order valence-corrected chi connectivity index (χ1v) is 5.53. The first-order chi connectivity index (χ1) is 9.68. The van der Waals surface area contributed by atoms with E-state index in [0.29, 0.717) is 5.56 Å². The van der Waals surface area contributed by atoms with Gasteiger partial charge < -0.3 is 0 Å². The number of benzene rings is 2. The molecule has 0 spiro atoms. The van der Waals surface area contributed by atoms with E-state index in [2.05, 4.69) is 0 Å². The zero-order valence-electron chi connectivity index (χ0n) is 13.2. The van der Waals surface area contributed by atoms with E-state index in [9.17, 15) is 0 Å². The van der Waals surface area contributed by atoms with Crippen LogP contribution in [0.15, 0.2) is 36.3 Å². The van der Waals surface area contributed by atoms with Gasteiger partial charge in [-0.25, -0.2) is 0 Å². The Hall–Kier alpha value is -0.690. The highest BCUT2D eigenvalue weighted by Crippen LogP contribution is 2.32. The summed E-state index contributed by atoms with van der Waals surface area (Å²) in [5.41, 5.74) is 0.586. The Morgan fingerprint density at radius 2 is 1.75 bits per heavy atom. The fourth-order valence-corrected chi connectivity index (χ4v) is 1.64. The van der Waals surface area contributed by atoms with Crippen LogP contribution in [-0.4, -0.2) is 0 Å². The summed E-state index contributed by atoms with van der Waals surface area (Å²) in [5, 5.41) is -0.278. The van der Waals surface area contributed by atoms with E-state index in [1.807, 2.05) is 0 Å². The zero-order chi connectivity index (χ0) is 16.1. The Labute approximate surface area is 117 Å². The summed E-state index contributed by atoms with van der Waals surface area (Å²) in [4.78, 5) is 0. The predicted molar refractivity (Wildman–Crippen MR) is 71.6 cm³/mol. The van der Waals surface area contributed by atoms with Gasteiger partial charge in [-0.15, -0.1) is 0 Å². The van der Waals surface area contributed by atoms with Gasteiger partial charge in [0.25, 0.3) is 0 Å². The molecule has 0 aliphatic heterocycles. The highest BCUT2D eigenvalue weighted by atomic mass is 35.5. The number of hydrogen-bond donors (Lipinski definition) is 0. The van der Waals surface area contributed by atoms with Gasteiger partial charge in [0.05, 0.1) is 6.85 Å². The van der Waals surface area contributed by atoms with E-state index in [1.54, 1.807) is 6.92 Å². The Morgan fingerprint density at radius 3 is 2.50 bits per heavy atom. The van der Waals surface area contributed by atoms with Crippen molar-refractivity contribution in [1.82, 2.24) is 0 Å². The van der Waals surface area contributed by atoms with Crippen LogP contribution in [-0.2, 0) is 0 Å². The fraction of sp³-hybridized carbons (Fsp3) is 0.0769. The van der Waals surface area contributed by atoms with Crippen molar-refractivity contribution in [2.75, 3.05) is 0 Å². The smallest absolute Gasteiger partial charge is 0.0646 e. The molecule has 0 unspecified atom stereocenters. The minimum absolute atomic E-state index is 0.0143. The normalized spacial score (nSPS) is 14.9. The minimum atomic E-state index is -0.355. The van der Waals surface area contributed by atoms with E-state index in [4.69, 9.17) is 41.7 Å². The lowest BCUT2D eigenvalue weighted by atomic mass is 10.0. The van der Waals surface area contributed by atoms with Crippen molar-refractivity contribution in [3.05, 3.63) is 56.9 Å². The summed E-state index contributed by atoms with van der Waals surface area (Å²) < 4.78 is 39.5. The van der Waals surface area contributed by atoms with Gasteiger partial charge in [-0.05, 0) is 42.2 Å². The van der Waals surface area contributed by atoms with Crippen LogP contribution in [0.1, 0.15) is 12.4 Å². The lowest BCUT2D eigenvalue weighted by molar-refractivity contribution is 1.47. The van der Waals surface area contributed by atoms with Gasteiger partial charge in [-0.1, -0.05) is 46.9 Å². The molecule has 3 heteroatoms. The Bertz CT molecular complexity index is 729. The van der Waals surface area contributed by atoms with Crippen LogP contribution in [0.2, 0.25) is 15.1 Å². The molecule has 0 radical (unpaired) electrons. The average Bonchev–Trinajstić information content (AvgIpc) is 2.44. The molecule has 16 heavy (non-hydrogen) atoms. The van der Waals surface area contributed by atoms with E-state index >= 15 is 0 Å². The monoisotopic (exact) mass is 275 g/mol. The number of rotatable bonds is 1. The van der Waals surface area contributed by atoms with E-state index in [1.165, 1.54) is 6.07 Å². The van der Waals surface area contributed by atoms with Crippen molar-refractivity contribution in [1.29, 1.82) is 0 Å². The van der Waals surface area contributed by atoms with Crippen LogP contribution in [0.4, 0.5) is 0 Å². The van der Waals surface area contributed by atoms with Crippen molar-refractivity contribution in [3.63, 3.8) is 0 Å². The van der Waals surface area contributed by atoms with Crippen molar-refractivity contribution in [2.24, 2.45) is 0 Å². The molecule has 0 saturated heterocycles. The van der Waals surface area contributed by atoms with E-state index in [0.717, 1.165) is 0 Å². The largest absolute Gasteiger partial charge is 0.0843 e. The van der Waals surface area contributed by atoms with Gasteiger partial charge in [-0.2, -0.15) is 0 Å². The highest BCUT2D eigenvalue weighted by Gasteiger charge is 2.06. The maximum Gasteiger partial charge on any atom is 0.0646 e. The quantitative estimate of drug-likeness (QED) is 0.634. The first-order valence-electron chi connectivity index (χ1n) is 6.89. The molecule has 0 fully saturated rings. The predicted octanol–water partition coefficient (Wildman–Crippen LogP) is 5.62. The molecule has 0 aliphatic rings.